The van der Waals surface area contributed by atoms with Crippen molar-refractivity contribution in [1.29, 1.82) is 0 Å². The summed E-state index contributed by atoms with van der Waals surface area (Å²) in [6.07, 6.45) is 1.65. The lowest BCUT2D eigenvalue weighted by Gasteiger charge is -2.27. The van der Waals surface area contributed by atoms with Gasteiger partial charge in [0.05, 0.1) is 25.2 Å². The maximum absolute atomic E-state index is 12.6. The summed E-state index contributed by atoms with van der Waals surface area (Å²) in [6, 6.07) is 8.99. The highest BCUT2D eigenvalue weighted by atomic mass is 32.2. The molecule has 2 aromatic carbocycles. The molecule has 2 heterocycles. The standard InChI is InChI=1S/C25H28N2O5S/c1-25(2,3)18-12-15(5-6-19(18)28)16-11-17(22(29)20(13-16)31-4)14-21-23(30)26-24(33-21)27-7-9-32-10-8-27/h5-6,11-14,28-29H,7-10H2,1-4H3. The zero-order valence-corrected chi connectivity index (χ0v) is 20.0. The summed E-state index contributed by atoms with van der Waals surface area (Å²) >= 11 is 1.30. The third-order valence-electron chi connectivity index (χ3n) is 5.64. The monoisotopic (exact) mass is 468 g/mol. The lowest BCUT2D eigenvalue weighted by atomic mass is 9.84. The Morgan fingerprint density at radius 1 is 1.12 bits per heavy atom. The number of hydrogen-bond donors (Lipinski definition) is 2. The summed E-state index contributed by atoms with van der Waals surface area (Å²) in [6.45, 7) is 8.71. The first-order valence-electron chi connectivity index (χ1n) is 10.8. The number of carbonyl (C=O) groups excluding carboxylic acids is 1. The fourth-order valence-electron chi connectivity index (χ4n) is 3.81. The molecule has 0 unspecified atom stereocenters. The van der Waals surface area contributed by atoms with E-state index in [-0.39, 0.29) is 22.8 Å². The average molecular weight is 469 g/mol. The highest BCUT2D eigenvalue weighted by Gasteiger charge is 2.28. The summed E-state index contributed by atoms with van der Waals surface area (Å²) in [4.78, 5) is 19.2. The Bertz CT molecular complexity index is 1140. The fourth-order valence-corrected chi connectivity index (χ4v) is 4.76. The van der Waals surface area contributed by atoms with E-state index < -0.39 is 0 Å². The van der Waals surface area contributed by atoms with E-state index >= 15 is 0 Å². The molecule has 2 aromatic rings. The summed E-state index contributed by atoms with van der Waals surface area (Å²) in [7, 11) is 1.49. The molecule has 4 rings (SSSR count). The predicted molar refractivity (Wildman–Crippen MR) is 131 cm³/mol. The van der Waals surface area contributed by atoms with Gasteiger partial charge in [0.2, 0.25) is 0 Å². The third kappa shape index (κ3) is 4.86. The molecule has 2 aliphatic rings. The van der Waals surface area contributed by atoms with E-state index in [2.05, 4.69) is 4.99 Å². The minimum atomic E-state index is -0.329. The van der Waals surface area contributed by atoms with Crippen LogP contribution in [0.4, 0.5) is 0 Å². The molecule has 8 heteroatoms. The topological polar surface area (TPSA) is 91.6 Å². The van der Waals surface area contributed by atoms with Gasteiger partial charge in [-0.25, -0.2) is 0 Å². The Morgan fingerprint density at radius 2 is 1.85 bits per heavy atom. The van der Waals surface area contributed by atoms with Gasteiger partial charge in [-0.3, -0.25) is 4.79 Å². The quantitative estimate of drug-likeness (QED) is 0.646. The first-order valence-corrected chi connectivity index (χ1v) is 11.6. The number of amidine groups is 1. The molecule has 0 aromatic heterocycles. The number of aliphatic imine (C=N–C) groups is 1. The van der Waals surface area contributed by atoms with Gasteiger partial charge in [-0.2, -0.15) is 4.99 Å². The molecule has 1 saturated heterocycles. The average Bonchev–Trinajstić information content (AvgIpc) is 3.15. The molecule has 0 saturated carbocycles. The first kappa shape index (κ1) is 23.2. The molecule has 2 aliphatic heterocycles. The second-order valence-corrected chi connectivity index (χ2v) is 10.0. The smallest absolute Gasteiger partial charge is 0.286 e. The van der Waals surface area contributed by atoms with Gasteiger partial charge in [0.15, 0.2) is 16.7 Å². The van der Waals surface area contributed by atoms with E-state index in [4.69, 9.17) is 9.47 Å². The van der Waals surface area contributed by atoms with Crippen LogP contribution < -0.4 is 4.74 Å². The Balaban J connectivity index is 1.71. The number of hydrogen-bond acceptors (Lipinski definition) is 7. The maximum Gasteiger partial charge on any atom is 0.286 e. The third-order valence-corrected chi connectivity index (χ3v) is 6.68. The van der Waals surface area contributed by atoms with Crippen molar-refractivity contribution in [2.75, 3.05) is 33.4 Å². The largest absolute Gasteiger partial charge is 0.508 e. The number of amides is 1. The van der Waals surface area contributed by atoms with Crippen LogP contribution in [0.2, 0.25) is 0 Å². The van der Waals surface area contributed by atoms with Gasteiger partial charge in [-0.1, -0.05) is 26.8 Å². The van der Waals surface area contributed by atoms with Gasteiger partial charge < -0.3 is 24.6 Å². The zero-order valence-electron chi connectivity index (χ0n) is 19.2. The molecule has 7 nitrogen and oxygen atoms in total. The number of methoxy groups -OCH3 is 1. The van der Waals surface area contributed by atoms with E-state index in [1.54, 1.807) is 18.2 Å². The zero-order chi connectivity index (χ0) is 23.8. The number of ether oxygens (including phenoxy) is 2. The highest BCUT2D eigenvalue weighted by molar-refractivity contribution is 8.18. The van der Waals surface area contributed by atoms with E-state index in [1.165, 1.54) is 18.9 Å². The lowest BCUT2D eigenvalue weighted by molar-refractivity contribution is -0.113. The van der Waals surface area contributed by atoms with Gasteiger partial charge in [-0.15, -0.1) is 0 Å². The summed E-state index contributed by atoms with van der Waals surface area (Å²) in [5.74, 6) is 0.163. The second-order valence-electron chi connectivity index (χ2n) is 9.01. The molecular weight excluding hydrogens is 440 g/mol. The van der Waals surface area contributed by atoms with Crippen LogP contribution >= 0.6 is 11.8 Å². The van der Waals surface area contributed by atoms with Crippen molar-refractivity contribution in [2.24, 2.45) is 4.99 Å². The number of rotatable bonds is 3. The molecule has 0 atom stereocenters. The molecule has 0 bridgehead atoms. The lowest BCUT2D eigenvalue weighted by Crippen LogP contribution is -2.38. The highest BCUT2D eigenvalue weighted by Crippen LogP contribution is 2.41. The molecular formula is C25H28N2O5S. The fraction of sp³-hybridized carbons (Fsp3) is 0.360. The van der Waals surface area contributed by atoms with Crippen LogP contribution in [0.1, 0.15) is 31.9 Å². The van der Waals surface area contributed by atoms with Gasteiger partial charge in [0.1, 0.15) is 5.75 Å². The van der Waals surface area contributed by atoms with Gasteiger partial charge in [0, 0.05) is 18.7 Å². The van der Waals surface area contributed by atoms with Crippen molar-refractivity contribution in [3.05, 3.63) is 46.4 Å². The molecule has 0 radical (unpaired) electrons. The summed E-state index contributed by atoms with van der Waals surface area (Å²) in [5.41, 5.74) is 2.70. The van der Waals surface area contributed by atoms with Crippen molar-refractivity contribution >= 4 is 28.9 Å². The molecule has 1 amide bonds. The number of morpholine rings is 1. The Hall–Kier alpha value is -2.97. The van der Waals surface area contributed by atoms with Crippen LogP contribution in [0.5, 0.6) is 17.2 Å². The van der Waals surface area contributed by atoms with Gasteiger partial charge >= 0.3 is 0 Å². The van der Waals surface area contributed by atoms with Crippen LogP contribution in [-0.4, -0.2) is 59.6 Å². The van der Waals surface area contributed by atoms with Crippen LogP contribution in [0.15, 0.2) is 40.2 Å². The molecule has 33 heavy (non-hydrogen) atoms. The molecule has 0 aliphatic carbocycles. The van der Waals surface area contributed by atoms with Crippen molar-refractivity contribution in [3.8, 4) is 28.4 Å². The number of phenols is 2. The number of carbonyl (C=O) groups is 1. The Kier molecular flexibility index (Phi) is 6.41. The van der Waals surface area contributed by atoms with Crippen molar-refractivity contribution < 1.29 is 24.5 Å². The molecule has 1 fully saturated rings. The number of phenolic OH excluding ortho intramolecular Hbond substituents is 2. The molecule has 174 valence electrons. The minimum Gasteiger partial charge on any atom is -0.508 e. The van der Waals surface area contributed by atoms with Crippen LogP contribution in [0.3, 0.4) is 0 Å². The summed E-state index contributed by atoms with van der Waals surface area (Å²) in [5, 5.41) is 21.7. The van der Waals surface area contributed by atoms with E-state index in [0.717, 1.165) is 16.7 Å². The van der Waals surface area contributed by atoms with Crippen LogP contribution in [-0.2, 0) is 14.9 Å². The Labute approximate surface area is 197 Å². The number of benzene rings is 2. The van der Waals surface area contributed by atoms with E-state index in [1.807, 2.05) is 43.9 Å². The minimum absolute atomic E-state index is 0.0446. The molecule has 2 N–H and O–H groups in total. The van der Waals surface area contributed by atoms with E-state index in [0.29, 0.717) is 47.7 Å². The van der Waals surface area contributed by atoms with Crippen LogP contribution in [0, 0.1) is 0 Å². The van der Waals surface area contributed by atoms with Gasteiger partial charge in [-0.05, 0) is 64.2 Å². The SMILES string of the molecule is COc1cc(-c2ccc(O)c(C(C)(C)C)c2)cc(C=C2SC(N3CCOCC3)=NC2=O)c1O. The first-order chi connectivity index (χ1) is 15.7. The van der Waals surface area contributed by atoms with E-state index in [9.17, 15) is 15.0 Å². The predicted octanol–water partition coefficient (Wildman–Crippen LogP) is 4.37. The maximum atomic E-state index is 12.6. The molecule has 0 spiro atoms. The van der Waals surface area contributed by atoms with Crippen molar-refractivity contribution in [1.82, 2.24) is 4.90 Å². The number of thioether (sulfide) groups is 1. The Morgan fingerprint density at radius 3 is 2.52 bits per heavy atom. The van der Waals surface area contributed by atoms with Crippen molar-refractivity contribution in [2.45, 2.75) is 26.2 Å². The number of nitrogens with zero attached hydrogens (tertiary/aromatic N) is 2. The van der Waals surface area contributed by atoms with Gasteiger partial charge in [0.25, 0.3) is 5.91 Å². The summed E-state index contributed by atoms with van der Waals surface area (Å²) < 4.78 is 10.8. The van der Waals surface area contributed by atoms with Crippen LogP contribution in [0.25, 0.3) is 17.2 Å². The normalized spacial score (nSPS) is 18.1. The second kappa shape index (κ2) is 9.11. The van der Waals surface area contributed by atoms with Crippen molar-refractivity contribution in [3.63, 3.8) is 0 Å². The number of aromatic hydroxyl groups is 2.